The van der Waals surface area contributed by atoms with E-state index in [-0.39, 0.29) is 6.04 Å². The predicted octanol–water partition coefficient (Wildman–Crippen LogP) is 3.62. The molecule has 0 radical (unpaired) electrons. The molecule has 1 atom stereocenters. The lowest BCUT2D eigenvalue weighted by Crippen LogP contribution is -2.26. The molecule has 1 aliphatic rings. The second-order valence-corrected chi connectivity index (χ2v) is 5.53. The quantitative estimate of drug-likeness (QED) is 0.841. The third-order valence-corrected chi connectivity index (χ3v) is 3.76. The lowest BCUT2D eigenvalue weighted by Gasteiger charge is -2.25. The van der Waals surface area contributed by atoms with E-state index in [1.807, 2.05) is 13.0 Å². The minimum atomic E-state index is 0.0779. The van der Waals surface area contributed by atoms with E-state index < -0.39 is 0 Å². The van der Waals surface area contributed by atoms with Gasteiger partial charge in [0.05, 0.1) is 5.69 Å². The number of hydrogen-bond acceptors (Lipinski definition) is 2. The van der Waals surface area contributed by atoms with Gasteiger partial charge in [0.1, 0.15) is 0 Å². The molecule has 2 nitrogen and oxygen atoms in total. The summed E-state index contributed by atoms with van der Waals surface area (Å²) in [6.07, 6.45) is 4.54. The number of benzene rings is 1. The molecular weight excluding hydrogens is 276 g/mol. The zero-order valence-electron chi connectivity index (χ0n) is 10.2. The van der Waals surface area contributed by atoms with Crippen molar-refractivity contribution in [3.05, 3.63) is 40.9 Å². The fraction of sp³-hybridized carbons (Fsp3) is 0.429. The second-order valence-electron chi connectivity index (χ2n) is 4.67. The largest absolute Gasteiger partial charge is 0.364 e. The van der Waals surface area contributed by atoms with Crippen molar-refractivity contribution >= 4 is 21.6 Å². The van der Waals surface area contributed by atoms with Crippen LogP contribution in [-0.2, 0) is 0 Å². The molecule has 0 aromatic heterocycles. The van der Waals surface area contributed by atoms with Crippen LogP contribution in [0.3, 0.4) is 0 Å². The molecule has 0 saturated heterocycles. The van der Waals surface area contributed by atoms with Gasteiger partial charge in [-0.25, -0.2) is 0 Å². The summed E-state index contributed by atoms with van der Waals surface area (Å²) in [5, 5.41) is 0. The number of rotatable bonds is 5. The van der Waals surface area contributed by atoms with Gasteiger partial charge in [0.25, 0.3) is 0 Å². The Hall–Kier alpha value is -0.800. The first-order valence-electron chi connectivity index (χ1n) is 6.06. The fourth-order valence-corrected chi connectivity index (χ4v) is 2.63. The number of hydrogen-bond donors (Lipinski definition) is 1. The molecule has 1 aromatic rings. The van der Waals surface area contributed by atoms with Crippen LogP contribution in [0.4, 0.5) is 5.69 Å². The SMILES string of the molecule is C=CCN(c1ccc([C@@H](C)N)cc1Br)C1CC1. The Balaban J connectivity index is 2.27. The Bertz CT molecular complexity index is 411. The minimum absolute atomic E-state index is 0.0779. The van der Waals surface area contributed by atoms with Crippen LogP contribution in [0.25, 0.3) is 0 Å². The van der Waals surface area contributed by atoms with E-state index >= 15 is 0 Å². The van der Waals surface area contributed by atoms with Crippen LogP contribution in [0.15, 0.2) is 35.3 Å². The fourth-order valence-electron chi connectivity index (χ4n) is 2.01. The topological polar surface area (TPSA) is 29.3 Å². The Morgan fingerprint density at radius 2 is 2.29 bits per heavy atom. The van der Waals surface area contributed by atoms with E-state index in [0.29, 0.717) is 6.04 Å². The van der Waals surface area contributed by atoms with Gasteiger partial charge < -0.3 is 10.6 Å². The maximum absolute atomic E-state index is 5.89. The van der Waals surface area contributed by atoms with Gasteiger partial charge in [0, 0.05) is 23.1 Å². The number of halogens is 1. The van der Waals surface area contributed by atoms with Crippen LogP contribution in [0.5, 0.6) is 0 Å². The van der Waals surface area contributed by atoms with Crippen molar-refractivity contribution in [3.8, 4) is 0 Å². The highest BCUT2D eigenvalue weighted by molar-refractivity contribution is 9.10. The van der Waals surface area contributed by atoms with E-state index in [1.54, 1.807) is 0 Å². The van der Waals surface area contributed by atoms with Crippen LogP contribution in [0, 0.1) is 0 Å². The Morgan fingerprint density at radius 1 is 1.59 bits per heavy atom. The monoisotopic (exact) mass is 294 g/mol. The third kappa shape index (κ3) is 2.90. The van der Waals surface area contributed by atoms with Crippen molar-refractivity contribution in [2.75, 3.05) is 11.4 Å². The first-order valence-corrected chi connectivity index (χ1v) is 6.85. The molecule has 1 aliphatic carbocycles. The van der Waals surface area contributed by atoms with E-state index in [0.717, 1.165) is 16.6 Å². The zero-order valence-corrected chi connectivity index (χ0v) is 11.8. The lowest BCUT2D eigenvalue weighted by molar-refractivity contribution is 0.813. The van der Waals surface area contributed by atoms with Crippen LogP contribution in [0.1, 0.15) is 31.4 Å². The summed E-state index contributed by atoms with van der Waals surface area (Å²) in [4.78, 5) is 2.40. The highest BCUT2D eigenvalue weighted by Crippen LogP contribution is 2.36. The zero-order chi connectivity index (χ0) is 12.4. The molecule has 1 fully saturated rings. The first-order chi connectivity index (χ1) is 8.13. The number of nitrogens with two attached hydrogens (primary N) is 1. The van der Waals surface area contributed by atoms with E-state index in [1.165, 1.54) is 18.5 Å². The van der Waals surface area contributed by atoms with Crippen LogP contribution in [0.2, 0.25) is 0 Å². The van der Waals surface area contributed by atoms with Gasteiger partial charge in [0.2, 0.25) is 0 Å². The minimum Gasteiger partial charge on any atom is -0.364 e. The maximum Gasteiger partial charge on any atom is 0.0516 e. The van der Waals surface area contributed by atoms with Crippen molar-refractivity contribution in [3.63, 3.8) is 0 Å². The summed E-state index contributed by atoms with van der Waals surface area (Å²) < 4.78 is 1.13. The van der Waals surface area contributed by atoms with Gasteiger partial charge >= 0.3 is 0 Å². The van der Waals surface area contributed by atoms with Crippen molar-refractivity contribution < 1.29 is 0 Å². The smallest absolute Gasteiger partial charge is 0.0516 e. The molecule has 1 saturated carbocycles. The highest BCUT2D eigenvalue weighted by Gasteiger charge is 2.29. The molecule has 0 heterocycles. The molecule has 17 heavy (non-hydrogen) atoms. The maximum atomic E-state index is 5.89. The van der Waals surface area contributed by atoms with Crippen molar-refractivity contribution in [2.45, 2.75) is 31.8 Å². The van der Waals surface area contributed by atoms with E-state index in [9.17, 15) is 0 Å². The average molecular weight is 295 g/mol. The summed E-state index contributed by atoms with van der Waals surface area (Å²) in [6, 6.07) is 7.16. The third-order valence-electron chi connectivity index (χ3n) is 3.12. The second kappa shape index (κ2) is 5.23. The molecular formula is C14H19BrN2. The van der Waals surface area contributed by atoms with Crippen LogP contribution < -0.4 is 10.6 Å². The Morgan fingerprint density at radius 3 is 2.76 bits per heavy atom. The van der Waals surface area contributed by atoms with Gasteiger partial charge in [-0.3, -0.25) is 0 Å². The van der Waals surface area contributed by atoms with Crippen LogP contribution >= 0.6 is 15.9 Å². The standard InChI is InChI=1S/C14H19BrN2/c1-3-8-17(12-5-6-12)14-7-4-11(10(2)16)9-13(14)15/h3-4,7,9-10,12H,1,5-6,8,16H2,2H3/t10-/m1/s1. The summed E-state index contributed by atoms with van der Waals surface area (Å²) in [5.41, 5.74) is 8.30. The van der Waals surface area contributed by atoms with Crippen molar-refractivity contribution in [1.82, 2.24) is 0 Å². The average Bonchev–Trinajstić information content (AvgIpc) is 3.10. The lowest BCUT2D eigenvalue weighted by atomic mass is 10.1. The van der Waals surface area contributed by atoms with Crippen molar-refractivity contribution in [2.24, 2.45) is 5.73 Å². The van der Waals surface area contributed by atoms with Gasteiger partial charge in [-0.2, -0.15) is 0 Å². The van der Waals surface area contributed by atoms with Gasteiger partial charge in [-0.15, -0.1) is 6.58 Å². The number of nitrogens with zero attached hydrogens (tertiary/aromatic N) is 1. The summed E-state index contributed by atoms with van der Waals surface area (Å²) in [5.74, 6) is 0. The van der Waals surface area contributed by atoms with Gasteiger partial charge in [0.15, 0.2) is 0 Å². The summed E-state index contributed by atoms with van der Waals surface area (Å²) in [6.45, 7) is 6.74. The molecule has 3 heteroatoms. The number of anilines is 1. The van der Waals surface area contributed by atoms with Gasteiger partial charge in [-0.05, 0) is 53.4 Å². The Labute approximate surface area is 112 Å². The molecule has 0 spiro atoms. The molecule has 0 unspecified atom stereocenters. The molecule has 0 bridgehead atoms. The molecule has 2 N–H and O–H groups in total. The normalized spacial score (nSPS) is 16.6. The van der Waals surface area contributed by atoms with Gasteiger partial charge in [-0.1, -0.05) is 12.1 Å². The molecule has 92 valence electrons. The highest BCUT2D eigenvalue weighted by atomic mass is 79.9. The van der Waals surface area contributed by atoms with E-state index in [2.05, 4.69) is 45.6 Å². The molecule has 2 rings (SSSR count). The molecule has 1 aromatic carbocycles. The summed E-state index contributed by atoms with van der Waals surface area (Å²) >= 11 is 3.65. The van der Waals surface area contributed by atoms with Crippen molar-refractivity contribution in [1.29, 1.82) is 0 Å². The van der Waals surface area contributed by atoms with E-state index in [4.69, 9.17) is 5.73 Å². The Kier molecular flexibility index (Phi) is 3.89. The first kappa shape index (κ1) is 12.7. The summed E-state index contributed by atoms with van der Waals surface area (Å²) in [7, 11) is 0. The predicted molar refractivity (Wildman–Crippen MR) is 77.3 cm³/mol. The molecule has 0 aliphatic heterocycles. The molecule has 0 amide bonds. The van der Waals surface area contributed by atoms with Crippen LogP contribution in [-0.4, -0.2) is 12.6 Å².